The number of nitrogens with zero attached hydrogens (tertiary/aromatic N) is 1. The van der Waals surface area contributed by atoms with Gasteiger partial charge in [0.15, 0.2) is 11.5 Å². The number of benzene rings is 1. The second-order valence-electron chi connectivity index (χ2n) is 4.98. The second kappa shape index (κ2) is 5.22. The molecule has 6 heteroatoms. The van der Waals surface area contributed by atoms with Gasteiger partial charge in [-0.05, 0) is 24.6 Å². The highest BCUT2D eigenvalue weighted by Gasteiger charge is 2.28. The summed E-state index contributed by atoms with van der Waals surface area (Å²) in [5.41, 5.74) is 2.13. The minimum Gasteiger partial charge on any atom is -0.441 e. The van der Waals surface area contributed by atoms with Gasteiger partial charge in [-0.25, -0.2) is 4.98 Å². The van der Waals surface area contributed by atoms with Gasteiger partial charge in [-0.15, -0.1) is 0 Å². The van der Waals surface area contributed by atoms with Crippen LogP contribution in [0.25, 0.3) is 11.1 Å². The molecule has 1 aliphatic heterocycles. The Morgan fingerprint density at radius 3 is 3.15 bits per heavy atom. The van der Waals surface area contributed by atoms with Crippen molar-refractivity contribution in [3.8, 4) is 0 Å². The molecule has 2 aromatic rings. The van der Waals surface area contributed by atoms with E-state index in [4.69, 9.17) is 4.42 Å². The minimum absolute atomic E-state index is 0.139. The standard InChI is InChI=1S/C14H17N3O3/c1-2-13-17-10-5-8(3-4-12(10)20-13)16-14(19)11-6-9(18)7-15-11/h3-5,9,11,15,18H,2,6-7H2,1H3,(H,16,19). The average molecular weight is 275 g/mol. The Hall–Kier alpha value is -1.92. The van der Waals surface area contributed by atoms with Gasteiger partial charge in [-0.2, -0.15) is 0 Å². The highest BCUT2D eigenvalue weighted by atomic mass is 16.3. The molecule has 1 fully saturated rings. The number of anilines is 1. The molecular formula is C14H17N3O3. The number of rotatable bonds is 3. The predicted octanol–water partition coefficient (Wildman–Crippen LogP) is 1.05. The van der Waals surface area contributed by atoms with Crippen LogP contribution in [-0.4, -0.2) is 34.7 Å². The van der Waals surface area contributed by atoms with E-state index in [1.807, 2.05) is 6.92 Å². The maximum atomic E-state index is 12.0. The number of hydrogen-bond acceptors (Lipinski definition) is 5. The summed E-state index contributed by atoms with van der Waals surface area (Å²) in [5.74, 6) is 0.546. The molecule has 0 bridgehead atoms. The summed E-state index contributed by atoms with van der Waals surface area (Å²) in [6.07, 6.45) is 0.731. The molecule has 2 atom stereocenters. The normalized spacial score (nSPS) is 22.3. The summed E-state index contributed by atoms with van der Waals surface area (Å²) in [4.78, 5) is 16.4. The summed E-state index contributed by atoms with van der Waals surface area (Å²) in [6, 6.07) is 5.04. The summed E-state index contributed by atoms with van der Waals surface area (Å²) < 4.78 is 5.52. The molecule has 0 spiro atoms. The molecule has 3 rings (SSSR count). The molecule has 6 nitrogen and oxygen atoms in total. The minimum atomic E-state index is -0.448. The van der Waals surface area contributed by atoms with E-state index < -0.39 is 6.10 Å². The Morgan fingerprint density at radius 1 is 1.60 bits per heavy atom. The summed E-state index contributed by atoms with van der Waals surface area (Å²) in [7, 11) is 0. The molecule has 0 radical (unpaired) electrons. The van der Waals surface area contributed by atoms with E-state index in [9.17, 15) is 9.90 Å². The molecule has 1 saturated heterocycles. The van der Waals surface area contributed by atoms with E-state index in [1.165, 1.54) is 0 Å². The Morgan fingerprint density at radius 2 is 2.45 bits per heavy atom. The zero-order valence-electron chi connectivity index (χ0n) is 11.2. The number of amides is 1. The quantitative estimate of drug-likeness (QED) is 0.779. The number of carbonyl (C=O) groups is 1. The van der Waals surface area contributed by atoms with E-state index >= 15 is 0 Å². The molecule has 106 valence electrons. The first-order chi connectivity index (χ1) is 9.65. The van der Waals surface area contributed by atoms with Crippen LogP contribution in [0.2, 0.25) is 0 Å². The lowest BCUT2D eigenvalue weighted by Gasteiger charge is -2.10. The van der Waals surface area contributed by atoms with Gasteiger partial charge in [0, 0.05) is 18.7 Å². The van der Waals surface area contributed by atoms with E-state index in [-0.39, 0.29) is 11.9 Å². The van der Waals surface area contributed by atoms with Crippen LogP contribution in [0.1, 0.15) is 19.2 Å². The molecule has 1 amide bonds. The van der Waals surface area contributed by atoms with Gasteiger partial charge in [-0.1, -0.05) is 6.92 Å². The highest BCUT2D eigenvalue weighted by Crippen LogP contribution is 2.21. The number of aromatic nitrogens is 1. The van der Waals surface area contributed by atoms with Gasteiger partial charge in [0.2, 0.25) is 5.91 Å². The van der Waals surface area contributed by atoms with Crippen LogP contribution in [0.5, 0.6) is 0 Å². The van der Waals surface area contributed by atoms with Gasteiger partial charge < -0.3 is 20.2 Å². The van der Waals surface area contributed by atoms with E-state index in [2.05, 4.69) is 15.6 Å². The zero-order valence-corrected chi connectivity index (χ0v) is 11.2. The van der Waals surface area contributed by atoms with E-state index in [0.717, 1.165) is 11.9 Å². The third-order valence-corrected chi connectivity index (χ3v) is 3.43. The third-order valence-electron chi connectivity index (χ3n) is 3.43. The Bertz CT molecular complexity index is 638. The molecule has 20 heavy (non-hydrogen) atoms. The number of oxazole rings is 1. The maximum absolute atomic E-state index is 12.0. The lowest BCUT2D eigenvalue weighted by molar-refractivity contribution is -0.117. The van der Waals surface area contributed by atoms with Crippen molar-refractivity contribution < 1.29 is 14.3 Å². The number of fused-ring (bicyclic) bond motifs is 1. The lowest BCUT2D eigenvalue weighted by atomic mass is 10.2. The number of hydrogen-bond donors (Lipinski definition) is 3. The van der Waals surface area contributed by atoms with Gasteiger partial charge >= 0.3 is 0 Å². The number of carbonyl (C=O) groups excluding carboxylic acids is 1. The van der Waals surface area contributed by atoms with Crippen molar-refractivity contribution in [1.82, 2.24) is 10.3 Å². The van der Waals surface area contributed by atoms with Crippen LogP contribution in [0.3, 0.4) is 0 Å². The Labute approximate surface area is 116 Å². The monoisotopic (exact) mass is 275 g/mol. The highest BCUT2D eigenvalue weighted by molar-refractivity contribution is 5.96. The molecule has 1 aromatic heterocycles. The van der Waals surface area contributed by atoms with Gasteiger partial charge in [0.05, 0.1) is 12.1 Å². The fourth-order valence-electron chi connectivity index (χ4n) is 2.35. The topological polar surface area (TPSA) is 87.4 Å². The molecule has 1 aromatic carbocycles. The molecule has 2 unspecified atom stereocenters. The number of nitrogens with one attached hydrogen (secondary N) is 2. The van der Waals surface area contributed by atoms with Crippen LogP contribution in [0.15, 0.2) is 22.6 Å². The fraction of sp³-hybridized carbons (Fsp3) is 0.429. The van der Waals surface area contributed by atoms with Crippen LogP contribution in [-0.2, 0) is 11.2 Å². The molecule has 0 aliphatic carbocycles. The maximum Gasteiger partial charge on any atom is 0.241 e. The first kappa shape index (κ1) is 13.1. The number of aliphatic hydroxyl groups is 1. The van der Waals surface area contributed by atoms with Crippen LogP contribution in [0.4, 0.5) is 5.69 Å². The van der Waals surface area contributed by atoms with Gasteiger partial charge in [-0.3, -0.25) is 4.79 Å². The van der Waals surface area contributed by atoms with Crippen molar-refractivity contribution in [2.24, 2.45) is 0 Å². The number of aliphatic hydroxyl groups excluding tert-OH is 1. The summed E-state index contributed by atoms with van der Waals surface area (Å²) in [6.45, 7) is 2.44. The summed E-state index contributed by atoms with van der Waals surface area (Å²) in [5, 5.41) is 15.2. The predicted molar refractivity (Wildman–Crippen MR) is 74.4 cm³/mol. The van der Waals surface area contributed by atoms with Crippen molar-refractivity contribution in [2.45, 2.75) is 31.9 Å². The van der Waals surface area contributed by atoms with Crippen molar-refractivity contribution in [2.75, 3.05) is 11.9 Å². The smallest absolute Gasteiger partial charge is 0.241 e. The van der Waals surface area contributed by atoms with Crippen molar-refractivity contribution in [3.05, 3.63) is 24.1 Å². The zero-order chi connectivity index (χ0) is 14.1. The van der Waals surface area contributed by atoms with Crippen molar-refractivity contribution >= 4 is 22.7 Å². The second-order valence-corrected chi connectivity index (χ2v) is 4.98. The fourth-order valence-corrected chi connectivity index (χ4v) is 2.35. The van der Waals surface area contributed by atoms with Crippen LogP contribution >= 0.6 is 0 Å². The van der Waals surface area contributed by atoms with Gasteiger partial charge in [0.1, 0.15) is 5.52 Å². The van der Waals surface area contributed by atoms with Crippen molar-refractivity contribution in [3.63, 3.8) is 0 Å². The largest absolute Gasteiger partial charge is 0.441 e. The molecular weight excluding hydrogens is 258 g/mol. The molecule has 0 saturated carbocycles. The lowest BCUT2D eigenvalue weighted by Crippen LogP contribution is -2.35. The SMILES string of the molecule is CCc1nc2cc(NC(=O)C3CC(O)CN3)ccc2o1. The van der Waals surface area contributed by atoms with E-state index in [1.54, 1.807) is 18.2 Å². The molecule has 2 heterocycles. The molecule has 1 aliphatic rings. The number of aryl methyl sites for hydroxylation is 1. The number of β-amino-alcohol motifs (C(OH)–C–C–N with tert-alkyl or cyclic N) is 1. The third kappa shape index (κ3) is 2.52. The van der Waals surface area contributed by atoms with Gasteiger partial charge in [0.25, 0.3) is 0 Å². The summed E-state index contributed by atoms with van der Waals surface area (Å²) >= 11 is 0. The van der Waals surface area contributed by atoms with Crippen LogP contribution < -0.4 is 10.6 Å². The van der Waals surface area contributed by atoms with Crippen LogP contribution in [0, 0.1) is 0 Å². The first-order valence-corrected chi connectivity index (χ1v) is 6.77. The first-order valence-electron chi connectivity index (χ1n) is 6.77. The molecule has 3 N–H and O–H groups in total. The average Bonchev–Trinajstić information content (AvgIpc) is 3.03. The van der Waals surface area contributed by atoms with Crippen molar-refractivity contribution in [1.29, 1.82) is 0 Å². The van der Waals surface area contributed by atoms with E-state index in [0.29, 0.717) is 30.1 Å². The Kier molecular flexibility index (Phi) is 3.42. The Balaban J connectivity index is 1.75.